The largest absolute Gasteiger partial charge is 0.301 e. The first-order chi connectivity index (χ1) is 11.8. The Balaban J connectivity index is 1.84. The van der Waals surface area contributed by atoms with Crippen molar-refractivity contribution in [2.45, 2.75) is 18.4 Å². The van der Waals surface area contributed by atoms with E-state index in [1.165, 1.54) is 0 Å². The Bertz CT molecular complexity index is 752. The van der Waals surface area contributed by atoms with E-state index in [9.17, 15) is 9.59 Å². The minimum atomic E-state index is -0.889. The molecule has 1 aliphatic rings. The molecule has 0 saturated carbocycles. The molecule has 0 spiro atoms. The number of hydrogen-bond acceptors (Lipinski definition) is 4. The van der Waals surface area contributed by atoms with E-state index in [4.69, 9.17) is 10.1 Å². The summed E-state index contributed by atoms with van der Waals surface area (Å²) in [5, 5.41) is 9.68. The van der Waals surface area contributed by atoms with Crippen molar-refractivity contribution in [2.24, 2.45) is 0 Å². The summed E-state index contributed by atoms with van der Waals surface area (Å²) >= 11 is 0. The molecule has 0 aromatic heterocycles. The number of hydroxylamine groups is 2. The summed E-state index contributed by atoms with van der Waals surface area (Å²) in [6.07, 6.45) is 0.900. The number of carbonyl (C=O) groups excluding carboxylic acids is 2. The van der Waals surface area contributed by atoms with Gasteiger partial charge in [0, 0.05) is 5.92 Å². The van der Waals surface area contributed by atoms with E-state index in [0.29, 0.717) is 12.7 Å². The van der Waals surface area contributed by atoms with Crippen LogP contribution < -0.4 is 0 Å². The van der Waals surface area contributed by atoms with Crippen LogP contribution in [-0.2, 0) is 14.4 Å². The van der Waals surface area contributed by atoms with Crippen LogP contribution in [0, 0.1) is 11.3 Å². The van der Waals surface area contributed by atoms with Crippen molar-refractivity contribution in [3.63, 3.8) is 0 Å². The second kappa shape index (κ2) is 7.07. The van der Waals surface area contributed by atoms with Gasteiger partial charge in [0.25, 0.3) is 0 Å². The first-order valence-electron chi connectivity index (χ1n) is 7.67. The highest BCUT2D eigenvalue weighted by Gasteiger charge is 2.29. The Hall–Kier alpha value is -2.97. The van der Waals surface area contributed by atoms with Gasteiger partial charge in [-0.2, -0.15) is 5.26 Å². The molecule has 5 nitrogen and oxygen atoms in total. The van der Waals surface area contributed by atoms with Gasteiger partial charge < -0.3 is 4.79 Å². The van der Waals surface area contributed by atoms with Gasteiger partial charge in [0.05, 0.1) is 19.1 Å². The summed E-state index contributed by atoms with van der Waals surface area (Å²) in [6.45, 7) is 0.225. The molecule has 3 rings (SSSR count). The number of hydrogen-bond donors (Lipinski definition) is 0. The average molecular weight is 320 g/mol. The van der Waals surface area contributed by atoms with Gasteiger partial charge in [0.2, 0.25) is 6.41 Å². The Morgan fingerprint density at radius 1 is 1.08 bits per heavy atom. The number of nitriles is 1. The number of benzene rings is 2. The minimum Gasteiger partial charge on any atom is -0.301 e. The molecular formula is C19H16N2O3. The van der Waals surface area contributed by atoms with Gasteiger partial charge in [0.1, 0.15) is 12.3 Å². The van der Waals surface area contributed by atoms with E-state index < -0.39 is 6.04 Å². The zero-order chi connectivity index (χ0) is 16.9. The topological polar surface area (TPSA) is 70.4 Å². The van der Waals surface area contributed by atoms with Crippen molar-refractivity contribution in [2.75, 3.05) is 6.61 Å². The van der Waals surface area contributed by atoms with Crippen LogP contribution in [0.25, 0.3) is 11.1 Å². The number of amides is 1. The van der Waals surface area contributed by atoms with Gasteiger partial charge in [-0.25, -0.2) is 5.06 Å². The van der Waals surface area contributed by atoms with Crippen LogP contribution in [0.4, 0.5) is 0 Å². The number of fused-ring (bicyclic) bond motifs is 3. The summed E-state index contributed by atoms with van der Waals surface area (Å²) in [6, 6.07) is 17.1. The molecule has 0 bridgehead atoms. The van der Waals surface area contributed by atoms with Gasteiger partial charge in [0.15, 0.2) is 0 Å². The lowest BCUT2D eigenvalue weighted by atomic mass is 9.98. The molecule has 0 aliphatic heterocycles. The van der Waals surface area contributed by atoms with Crippen LogP contribution in [0.2, 0.25) is 0 Å². The fraction of sp³-hybridized carbons (Fsp3) is 0.211. The molecule has 0 unspecified atom stereocenters. The quantitative estimate of drug-likeness (QED) is 0.581. The normalized spacial score (nSPS) is 13.5. The third-order valence-corrected chi connectivity index (χ3v) is 4.24. The Morgan fingerprint density at radius 2 is 1.67 bits per heavy atom. The number of rotatable bonds is 7. The van der Waals surface area contributed by atoms with Crippen molar-refractivity contribution >= 4 is 12.7 Å². The lowest BCUT2D eigenvalue weighted by Crippen LogP contribution is -2.36. The van der Waals surface area contributed by atoms with Crippen molar-refractivity contribution in [3.05, 3.63) is 59.7 Å². The highest BCUT2D eigenvalue weighted by Crippen LogP contribution is 2.44. The molecular weight excluding hydrogens is 304 g/mol. The molecule has 1 atom stereocenters. The second-order valence-electron chi connectivity index (χ2n) is 5.55. The molecule has 24 heavy (non-hydrogen) atoms. The monoisotopic (exact) mass is 320 g/mol. The summed E-state index contributed by atoms with van der Waals surface area (Å²) < 4.78 is 0. The van der Waals surface area contributed by atoms with E-state index in [-0.39, 0.29) is 18.9 Å². The second-order valence-corrected chi connectivity index (χ2v) is 5.55. The maximum absolute atomic E-state index is 11.2. The SMILES string of the molecule is N#CC[C@@H](C=O)N(C=O)OCC1c2ccccc2-c2ccccc21. The fourth-order valence-electron chi connectivity index (χ4n) is 3.10. The van der Waals surface area contributed by atoms with E-state index in [1.54, 1.807) is 0 Å². The zero-order valence-corrected chi connectivity index (χ0v) is 13.0. The van der Waals surface area contributed by atoms with Gasteiger partial charge in [-0.05, 0) is 22.3 Å². The van der Waals surface area contributed by atoms with Gasteiger partial charge in [-0.3, -0.25) is 9.63 Å². The zero-order valence-electron chi connectivity index (χ0n) is 13.0. The maximum atomic E-state index is 11.2. The lowest BCUT2D eigenvalue weighted by molar-refractivity contribution is -0.186. The minimum absolute atomic E-state index is 0.0192. The third-order valence-electron chi connectivity index (χ3n) is 4.24. The predicted molar refractivity (Wildman–Crippen MR) is 87.7 cm³/mol. The average Bonchev–Trinajstić information content (AvgIpc) is 2.95. The van der Waals surface area contributed by atoms with Crippen LogP contribution in [0.5, 0.6) is 0 Å². The molecule has 1 amide bonds. The van der Waals surface area contributed by atoms with Crippen molar-refractivity contribution < 1.29 is 14.4 Å². The van der Waals surface area contributed by atoms with Crippen LogP contribution in [0.1, 0.15) is 23.5 Å². The Kier molecular flexibility index (Phi) is 4.69. The summed E-state index contributed by atoms with van der Waals surface area (Å²) in [7, 11) is 0. The molecule has 0 N–H and O–H groups in total. The summed E-state index contributed by atoms with van der Waals surface area (Å²) in [4.78, 5) is 27.8. The smallest absolute Gasteiger partial charge is 0.234 e. The van der Waals surface area contributed by atoms with Crippen molar-refractivity contribution in [1.29, 1.82) is 5.26 Å². The third kappa shape index (κ3) is 2.80. The molecule has 0 fully saturated rings. The maximum Gasteiger partial charge on any atom is 0.234 e. The van der Waals surface area contributed by atoms with Crippen LogP contribution in [-0.4, -0.2) is 30.4 Å². The summed E-state index contributed by atoms with van der Waals surface area (Å²) in [5.41, 5.74) is 4.58. The predicted octanol–water partition coefficient (Wildman–Crippen LogP) is 2.67. The van der Waals surface area contributed by atoms with Crippen LogP contribution in [0.15, 0.2) is 48.5 Å². The first kappa shape index (κ1) is 15.9. The highest BCUT2D eigenvalue weighted by atomic mass is 16.7. The van der Waals surface area contributed by atoms with E-state index in [0.717, 1.165) is 27.3 Å². The van der Waals surface area contributed by atoms with Gasteiger partial charge in [-0.15, -0.1) is 0 Å². The van der Waals surface area contributed by atoms with E-state index in [2.05, 4.69) is 12.1 Å². The molecule has 0 heterocycles. The molecule has 2 aromatic rings. The molecule has 0 radical (unpaired) electrons. The van der Waals surface area contributed by atoms with Gasteiger partial charge in [-0.1, -0.05) is 48.5 Å². The van der Waals surface area contributed by atoms with Crippen LogP contribution >= 0.6 is 0 Å². The molecule has 5 heteroatoms. The Labute approximate surface area is 140 Å². The van der Waals surface area contributed by atoms with Gasteiger partial charge >= 0.3 is 0 Å². The van der Waals surface area contributed by atoms with Crippen molar-refractivity contribution in [3.8, 4) is 17.2 Å². The molecule has 2 aromatic carbocycles. The van der Waals surface area contributed by atoms with Crippen molar-refractivity contribution in [1.82, 2.24) is 5.06 Å². The number of carbonyl (C=O) groups is 2. The van der Waals surface area contributed by atoms with E-state index in [1.807, 2.05) is 42.5 Å². The fourth-order valence-corrected chi connectivity index (χ4v) is 3.10. The van der Waals surface area contributed by atoms with Crippen LogP contribution in [0.3, 0.4) is 0 Å². The molecule has 1 aliphatic carbocycles. The molecule has 0 saturated heterocycles. The van der Waals surface area contributed by atoms with E-state index >= 15 is 0 Å². The number of nitrogens with zero attached hydrogens (tertiary/aromatic N) is 2. The lowest BCUT2D eigenvalue weighted by Gasteiger charge is -2.23. The standard InChI is InChI=1S/C19H16N2O3/c20-10-9-14(11-22)21(13-23)24-12-19-17-7-3-1-5-15(17)16-6-2-4-8-18(16)19/h1-8,11,13-14,19H,9,12H2/t14-/m0/s1. The number of aldehydes is 1. The molecule has 120 valence electrons. The first-order valence-corrected chi connectivity index (χ1v) is 7.67. The summed E-state index contributed by atoms with van der Waals surface area (Å²) in [5.74, 6) is -0.0192. The highest BCUT2D eigenvalue weighted by molar-refractivity contribution is 5.78. The Morgan fingerprint density at radius 3 is 2.17 bits per heavy atom.